The Balaban J connectivity index is 2.18. The van der Waals surface area contributed by atoms with Crippen molar-refractivity contribution in [3.63, 3.8) is 0 Å². The Hall–Kier alpha value is -3.15. The number of phenolic OH excluding ortho intramolecular Hbond substituents is 1. The van der Waals surface area contributed by atoms with Gasteiger partial charge in [0.15, 0.2) is 5.82 Å². The van der Waals surface area contributed by atoms with Crippen LogP contribution >= 0.6 is 0 Å². The summed E-state index contributed by atoms with van der Waals surface area (Å²) in [6.45, 7) is 1.67. The van der Waals surface area contributed by atoms with Crippen molar-refractivity contribution in [1.29, 1.82) is 0 Å². The number of primary amides is 1. The van der Waals surface area contributed by atoms with Crippen molar-refractivity contribution in [2.24, 2.45) is 5.73 Å². The topological polar surface area (TPSA) is 101 Å². The van der Waals surface area contributed by atoms with Crippen LogP contribution < -0.4 is 11.1 Å². The van der Waals surface area contributed by atoms with E-state index in [0.717, 1.165) is 5.39 Å². The molecule has 1 aromatic heterocycles. The lowest BCUT2D eigenvalue weighted by Crippen LogP contribution is -2.32. The normalized spacial score (nSPS) is 12.0. The number of rotatable bonds is 4. The van der Waals surface area contributed by atoms with Gasteiger partial charge in [-0.05, 0) is 31.2 Å². The molecule has 0 saturated heterocycles. The molecule has 6 nitrogen and oxygen atoms in total. The van der Waals surface area contributed by atoms with Gasteiger partial charge in [0.05, 0.1) is 11.1 Å². The van der Waals surface area contributed by atoms with Gasteiger partial charge in [-0.3, -0.25) is 4.79 Å². The number of carbonyl (C=O) groups excluding carboxylic acids is 1. The number of hydrogen-bond acceptors (Lipinski definition) is 5. The number of benzene rings is 2. The molecular weight excluding hydrogens is 292 g/mol. The van der Waals surface area contributed by atoms with Crippen LogP contribution in [-0.4, -0.2) is 27.0 Å². The zero-order chi connectivity index (χ0) is 16.4. The lowest BCUT2D eigenvalue weighted by Gasteiger charge is -2.14. The molecule has 3 rings (SSSR count). The summed E-state index contributed by atoms with van der Waals surface area (Å²) >= 11 is 0. The molecule has 1 unspecified atom stereocenters. The second-order valence-electron chi connectivity index (χ2n) is 5.20. The summed E-state index contributed by atoms with van der Waals surface area (Å²) in [7, 11) is 0. The monoisotopic (exact) mass is 308 g/mol. The van der Waals surface area contributed by atoms with E-state index in [1.165, 1.54) is 0 Å². The van der Waals surface area contributed by atoms with Gasteiger partial charge < -0.3 is 16.2 Å². The van der Waals surface area contributed by atoms with Crippen LogP contribution in [0.1, 0.15) is 6.92 Å². The molecule has 1 atom stereocenters. The number of aromatic nitrogens is 2. The molecule has 0 spiro atoms. The van der Waals surface area contributed by atoms with Gasteiger partial charge in [-0.15, -0.1) is 0 Å². The maximum absolute atomic E-state index is 11.3. The Labute approximate surface area is 133 Å². The minimum Gasteiger partial charge on any atom is -0.507 e. The number of nitrogens with two attached hydrogens (primary N) is 1. The van der Waals surface area contributed by atoms with Gasteiger partial charge in [0.1, 0.15) is 17.6 Å². The third-order valence-electron chi connectivity index (χ3n) is 3.53. The van der Waals surface area contributed by atoms with Gasteiger partial charge in [-0.1, -0.05) is 24.3 Å². The van der Waals surface area contributed by atoms with Crippen molar-refractivity contribution in [1.82, 2.24) is 9.97 Å². The first-order chi connectivity index (χ1) is 11.1. The minimum atomic E-state index is -0.578. The first kappa shape index (κ1) is 14.8. The van der Waals surface area contributed by atoms with Crippen LogP contribution in [0.3, 0.4) is 0 Å². The summed E-state index contributed by atoms with van der Waals surface area (Å²) in [5, 5.41) is 13.8. The first-order valence-electron chi connectivity index (χ1n) is 7.17. The van der Waals surface area contributed by atoms with Gasteiger partial charge in [0.2, 0.25) is 5.91 Å². The Morgan fingerprint density at radius 3 is 2.57 bits per heavy atom. The molecule has 6 heteroatoms. The van der Waals surface area contributed by atoms with E-state index < -0.39 is 11.9 Å². The number of anilines is 1. The SMILES string of the molecule is CC(Nc1nc(-c2ccccc2O)nc2ccccc12)C(N)=O. The molecule has 0 saturated carbocycles. The van der Waals surface area contributed by atoms with Crippen LogP contribution in [0, 0.1) is 0 Å². The average Bonchev–Trinajstić information content (AvgIpc) is 2.55. The second-order valence-corrected chi connectivity index (χ2v) is 5.20. The molecule has 0 fully saturated rings. The van der Waals surface area contributed by atoms with Crippen LogP contribution in [0.25, 0.3) is 22.3 Å². The fourth-order valence-corrected chi connectivity index (χ4v) is 2.25. The molecule has 2 aromatic carbocycles. The molecule has 1 amide bonds. The molecule has 4 N–H and O–H groups in total. The molecule has 0 bridgehead atoms. The lowest BCUT2D eigenvalue weighted by atomic mass is 10.1. The maximum Gasteiger partial charge on any atom is 0.239 e. The molecule has 0 radical (unpaired) electrons. The molecule has 0 aliphatic heterocycles. The summed E-state index contributed by atoms with van der Waals surface area (Å²) in [5.41, 5.74) is 6.55. The fourth-order valence-electron chi connectivity index (χ4n) is 2.25. The summed E-state index contributed by atoms with van der Waals surface area (Å²) in [6, 6.07) is 13.7. The summed E-state index contributed by atoms with van der Waals surface area (Å²) in [6.07, 6.45) is 0. The number of carbonyl (C=O) groups is 1. The second kappa shape index (κ2) is 5.92. The zero-order valence-electron chi connectivity index (χ0n) is 12.5. The van der Waals surface area contributed by atoms with Crippen molar-refractivity contribution in [3.05, 3.63) is 48.5 Å². The number of fused-ring (bicyclic) bond motifs is 1. The van der Waals surface area contributed by atoms with Crippen LogP contribution in [-0.2, 0) is 4.79 Å². The minimum absolute atomic E-state index is 0.0941. The van der Waals surface area contributed by atoms with Crippen molar-refractivity contribution in [2.45, 2.75) is 13.0 Å². The maximum atomic E-state index is 11.3. The fraction of sp³-hybridized carbons (Fsp3) is 0.118. The van der Waals surface area contributed by atoms with Crippen LogP contribution in [0.2, 0.25) is 0 Å². The highest BCUT2D eigenvalue weighted by Gasteiger charge is 2.15. The van der Waals surface area contributed by atoms with E-state index in [4.69, 9.17) is 5.73 Å². The Morgan fingerprint density at radius 1 is 1.13 bits per heavy atom. The largest absolute Gasteiger partial charge is 0.507 e. The summed E-state index contributed by atoms with van der Waals surface area (Å²) in [5.74, 6) is 0.495. The van der Waals surface area contributed by atoms with Gasteiger partial charge >= 0.3 is 0 Å². The number of nitrogens with zero attached hydrogens (tertiary/aromatic N) is 2. The molecular formula is C17H16N4O2. The third kappa shape index (κ3) is 2.91. The highest BCUT2D eigenvalue weighted by molar-refractivity contribution is 5.93. The number of para-hydroxylation sites is 2. The molecule has 1 heterocycles. The number of aromatic hydroxyl groups is 1. The summed E-state index contributed by atoms with van der Waals surface area (Å²) in [4.78, 5) is 20.3. The van der Waals surface area contributed by atoms with Crippen LogP contribution in [0.5, 0.6) is 5.75 Å². The number of phenols is 1. The molecule has 0 aliphatic rings. The Morgan fingerprint density at radius 2 is 1.83 bits per heavy atom. The highest BCUT2D eigenvalue weighted by atomic mass is 16.3. The van der Waals surface area contributed by atoms with E-state index in [1.54, 1.807) is 31.2 Å². The molecule has 3 aromatic rings. The van der Waals surface area contributed by atoms with E-state index in [0.29, 0.717) is 22.7 Å². The molecule has 0 aliphatic carbocycles. The van der Waals surface area contributed by atoms with E-state index in [9.17, 15) is 9.90 Å². The first-order valence-corrected chi connectivity index (χ1v) is 7.17. The third-order valence-corrected chi connectivity index (χ3v) is 3.53. The van der Waals surface area contributed by atoms with Crippen molar-refractivity contribution in [3.8, 4) is 17.1 Å². The van der Waals surface area contributed by atoms with Crippen LogP contribution in [0.4, 0.5) is 5.82 Å². The van der Waals surface area contributed by atoms with Crippen molar-refractivity contribution < 1.29 is 9.90 Å². The predicted molar refractivity (Wildman–Crippen MR) is 88.9 cm³/mol. The van der Waals surface area contributed by atoms with Gasteiger partial charge in [-0.25, -0.2) is 9.97 Å². The van der Waals surface area contributed by atoms with Gasteiger partial charge in [-0.2, -0.15) is 0 Å². The predicted octanol–water partition coefficient (Wildman–Crippen LogP) is 2.29. The van der Waals surface area contributed by atoms with Crippen molar-refractivity contribution in [2.75, 3.05) is 5.32 Å². The number of amides is 1. The zero-order valence-corrected chi connectivity index (χ0v) is 12.5. The smallest absolute Gasteiger partial charge is 0.239 e. The van der Waals surface area contributed by atoms with E-state index in [1.807, 2.05) is 24.3 Å². The van der Waals surface area contributed by atoms with Crippen molar-refractivity contribution >= 4 is 22.6 Å². The van der Waals surface area contributed by atoms with Gasteiger partial charge in [0, 0.05) is 5.39 Å². The van der Waals surface area contributed by atoms with E-state index >= 15 is 0 Å². The van der Waals surface area contributed by atoms with E-state index in [2.05, 4.69) is 15.3 Å². The Bertz CT molecular complexity index is 879. The Kier molecular flexibility index (Phi) is 3.80. The number of hydrogen-bond donors (Lipinski definition) is 3. The lowest BCUT2D eigenvalue weighted by molar-refractivity contribution is -0.118. The number of nitrogens with one attached hydrogen (secondary N) is 1. The average molecular weight is 308 g/mol. The quantitative estimate of drug-likeness (QED) is 0.686. The van der Waals surface area contributed by atoms with Gasteiger partial charge in [0.25, 0.3) is 0 Å². The highest BCUT2D eigenvalue weighted by Crippen LogP contribution is 2.30. The summed E-state index contributed by atoms with van der Waals surface area (Å²) < 4.78 is 0. The molecule has 23 heavy (non-hydrogen) atoms. The standard InChI is InChI=1S/C17H16N4O2/c1-10(15(18)23)19-16-11-6-2-4-8-13(11)20-17(21-16)12-7-3-5-9-14(12)22/h2-10,22H,1H3,(H2,18,23)(H,19,20,21). The van der Waals surface area contributed by atoms with E-state index in [-0.39, 0.29) is 5.75 Å². The van der Waals surface area contributed by atoms with Crippen LogP contribution in [0.15, 0.2) is 48.5 Å². The molecule has 116 valence electrons.